The molecule has 0 radical (unpaired) electrons. The molecule has 0 aromatic carbocycles. The van der Waals surface area contributed by atoms with Gasteiger partial charge in [0.2, 0.25) is 0 Å². The normalized spacial score (nSPS) is 12.9. The van der Waals surface area contributed by atoms with E-state index in [2.05, 4.69) is 50.1 Å². The van der Waals surface area contributed by atoms with Crippen LogP contribution in [0, 0.1) is 0 Å². The second-order valence-electron chi connectivity index (χ2n) is 4.08. The summed E-state index contributed by atoms with van der Waals surface area (Å²) in [5.74, 6) is 0.507. The lowest BCUT2D eigenvalue weighted by Gasteiger charge is -2.13. The third kappa shape index (κ3) is 3.02. The molecule has 0 bridgehead atoms. The lowest BCUT2D eigenvalue weighted by Crippen LogP contribution is -2.13. The molecule has 0 aliphatic carbocycles. The van der Waals surface area contributed by atoms with Crippen LogP contribution >= 0.6 is 0 Å². The molecule has 2 heteroatoms. The molecule has 0 amide bonds. The quantitative estimate of drug-likeness (QED) is 0.790. The standard InChI is InChI=1S/C12H20N2/c1-5-10(4)14-11-6-7-12(9(2)3)13-8-11/h6-10,14H,5H2,1-4H3/t10-/m0/s1. The number of rotatable bonds is 4. The maximum Gasteiger partial charge on any atom is 0.0528 e. The van der Waals surface area contributed by atoms with E-state index in [9.17, 15) is 0 Å². The second-order valence-corrected chi connectivity index (χ2v) is 4.08. The molecule has 1 aromatic heterocycles. The number of pyridine rings is 1. The summed E-state index contributed by atoms with van der Waals surface area (Å²) in [5.41, 5.74) is 2.27. The fourth-order valence-corrected chi connectivity index (χ4v) is 1.22. The van der Waals surface area contributed by atoms with E-state index in [-0.39, 0.29) is 0 Å². The Morgan fingerprint density at radius 1 is 1.29 bits per heavy atom. The zero-order valence-electron chi connectivity index (χ0n) is 9.54. The number of anilines is 1. The van der Waals surface area contributed by atoms with Crippen molar-refractivity contribution in [2.75, 3.05) is 5.32 Å². The van der Waals surface area contributed by atoms with E-state index in [0.717, 1.165) is 17.8 Å². The van der Waals surface area contributed by atoms with Gasteiger partial charge in [0.05, 0.1) is 11.9 Å². The minimum absolute atomic E-state index is 0.507. The van der Waals surface area contributed by atoms with Crippen molar-refractivity contribution in [3.63, 3.8) is 0 Å². The van der Waals surface area contributed by atoms with Crippen molar-refractivity contribution in [2.45, 2.75) is 46.1 Å². The van der Waals surface area contributed by atoms with Crippen LogP contribution in [0.1, 0.15) is 45.7 Å². The molecule has 1 aromatic rings. The van der Waals surface area contributed by atoms with Gasteiger partial charge in [-0.25, -0.2) is 0 Å². The average Bonchev–Trinajstić information content (AvgIpc) is 2.18. The van der Waals surface area contributed by atoms with Crippen LogP contribution in [-0.2, 0) is 0 Å². The Morgan fingerprint density at radius 3 is 2.43 bits per heavy atom. The van der Waals surface area contributed by atoms with Gasteiger partial charge in [-0.1, -0.05) is 20.8 Å². The Morgan fingerprint density at radius 2 is 2.00 bits per heavy atom. The molecular formula is C12H20N2. The molecule has 1 N–H and O–H groups in total. The molecule has 0 spiro atoms. The Bertz CT molecular complexity index is 264. The summed E-state index contributed by atoms with van der Waals surface area (Å²) in [6.07, 6.45) is 3.05. The van der Waals surface area contributed by atoms with Gasteiger partial charge in [-0.2, -0.15) is 0 Å². The maximum absolute atomic E-state index is 4.40. The number of nitrogens with one attached hydrogen (secondary N) is 1. The van der Waals surface area contributed by atoms with Gasteiger partial charge in [0.15, 0.2) is 0 Å². The first-order valence-corrected chi connectivity index (χ1v) is 5.36. The molecule has 0 aliphatic heterocycles. The van der Waals surface area contributed by atoms with E-state index < -0.39 is 0 Å². The number of hydrogen-bond donors (Lipinski definition) is 1. The summed E-state index contributed by atoms with van der Waals surface area (Å²) in [6.45, 7) is 8.66. The molecule has 1 rings (SSSR count). The monoisotopic (exact) mass is 192 g/mol. The molecule has 0 saturated heterocycles. The fourth-order valence-electron chi connectivity index (χ4n) is 1.22. The van der Waals surface area contributed by atoms with E-state index in [1.54, 1.807) is 0 Å². The largest absolute Gasteiger partial charge is 0.381 e. The van der Waals surface area contributed by atoms with Gasteiger partial charge < -0.3 is 5.32 Å². The predicted octanol–water partition coefficient (Wildman–Crippen LogP) is 3.42. The highest BCUT2D eigenvalue weighted by atomic mass is 14.9. The molecule has 2 nitrogen and oxygen atoms in total. The highest BCUT2D eigenvalue weighted by molar-refractivity contribution is 5.42. The van der Waals surface area contributed by atoms with Crippen LogP contribution in [0.4, 0.5) is 5.69 Å². The van der Waals surface area contributed by atoms with Crippen LogP contribution in [0.3, 0.4) is 0 Å². The topological polar surface area (TPSA) is 24.9 Å². The Labute approximate surface area is 86.8 Å². The summed E-state index contributed by atoms with van der Waals surface area (Å²) < 4.78 is 0. The van der Waals surface area contributed by atoms with Gasteiger partial charge in [0, 0.05) is 11.7 Å². The molecule has 0 fully saturated rings. The van der Waals surface area contributed by atoms with Crippen molar-refractivity contribution in [3.8, 4) is 0 Å². The SMILES string of the molecule is CC[C@H](C)Nc1ccc(C(C)C)nc1. The van der Waals surface area contributed by atoms with Crippen LogP contribution in [0.15, 0.2) is 18.3 Å². The van der Waals surface area contributed by atoms with Gasteiger partial charge in [-0.3, -0.25) is 4.98 Å². The van der Waals surface area contributed by atoms with Gasteiger partial charge in [-0.15, -0.1) is 0 Å². The minimum atomic E-state index is 0.507. The van der Waals surface area contributed by atoms with Gasteiger partial charge in [0.1, 0.15) is 0 Å². The van der Waals surface area contributed by atoms with Crippen LogP contribution in [-0.4, -0.2) is 11.0 Å². The van der Waals surface area contributed by atoms with E-state index in [1.807, 2.05) is 6.20 Å². The first-order chi connectivity index (χ1) is 6.63. The van der Waals surface area contributed by atoms with Crippen molar-refractivity contribution >= 4 is 5.69 Å². The number of nitrogens with zero attached hydrogens (tertiary/aromatic N) is 1. The summed E-state index contributed by atoms with van der Waals surface area (Å²) in [6, 6.07) is 4.71. The smallest absolute Gasteiger partial charge is 0.0528 e. The van der Waals surface area contributed by atoms with E-state index in [0.29, 0.717) is 12.0 Å². The zero-order valence-corrected chi connectivity index (χ0v) is 9.54. The summed E-state index contributed by atoms with van der Waals surface area (Å²) in [4.78, 5) is 4.40. The summed E-state index contributed by atoms with van der Waals surface area (Å²) in [7, 11) is 0. The van der Waals surface area contributed by atoms with Gasteiger partial charge in [0.25, 0.3) is 0 Å². The molecule has 14 heavy (non-hydrogen) atoms. The first kappa shape index (κ1) is 11.0. The van der Waals surface area contributed by atoms with Crippen molar-refractivity contribution in [3.05, 3.63) is 24.0 Å². The lowest BCUT2D eigenvalue weighted by molar-refractivity contribution is 0.761. The van der Waals surface area contributed by atoms with Crippen LogP contribution in [0.2, 0.25) is 0 Å². The van der Waals surface area contributed by atoms with Crippen LogP contribution in [0.25, 0.3) is 0 Å². The van der Waals surface area contributed by atoms with Gasteiger partial charge in [-0.05, 0) is 31.4 Å². The van der Waals surface area contributed by atoms with E-state index in [1.165, 1.54) is 0 Å². The summed E-state index contributed by atoms with van der Waals surface area (Å²) >= 11 is 0. The van der Waals surface area contributed by atoms with Crippen LogP contribution in [0.5, 0.6) is 0 Å². The zero-order chi connectivity index (χ0) is 10.6. The molecule has 1 atom stereocenters. The molecule has 0 aliphatic rings. The Hall–Kier alpha value is -1.05. The average molecular weight is 192 g/mol. The van der Waals surface area contributed by atoms with Crippen molar-refractivity contribution in [1.82, 2.24) is 4.98 Å². The Balaban J connectivity index is 2.64. The molecular weight excluding hydrogens is 172 g/mol. The number of aromatic nitrogens is 1. The minimum Gasteiger partial charge on any atom is -0.381 e. The predicted molar refractivity (Wildman–Crippen MR) is 61.7 cm³/mol. The highest BCUT2D eigenvalue weighted by Crippen LogP contribution is 2.14. The second kappa shape index (κ2) is 4.99. The van der Waals surface area contributed by atoms with Crippen molar-refractivity contribution in [2.24, 2.45) is 0 Å². The molecule has 0 saturated carbocycles. The molecule has 0 unspecified atom stereocenters. The molecule has 78 valence electrons. The van der Waals surface area contributed by atoms with Crippen molar-refractivity contribution < 1.29 is 0 Å². The fraction of sp³-hybridized carbons (Fsp3) is 0.583. The van der Waals surface area contributed by atoms with E-state index in [4.69, 9.17) is 0 Å². The van der Waals surface area contributed by atoms with Crippen molar-refractivity contribution in [1.29, 1.82) is 0 Å². The first-order valence-electron chi connectivity index (χ1n) is 5.36. The third-order valence-electron chi connectivity index (χ3n) is 2.40. The Kier molecular flexibility index (Phi) is 3.93. The maximum atomic E-state index is 4.40. The highest BCUT2D eigenvalue weighted by Gasteiger charge is 2.01. The van der Waals surface area contributed by atoms with Crippen LogP contribution < -0.4 is 5.32 Å². The summed E-state index contributed by atoms with van der Waals surface area (Å²) in [5, 5.41) is 3.40. The van der Waals surface area contributed by atoms with E-state index >= 15 is 0 Å². The third-order valence-corrected chi connectivity index (χ3v) is 2.40. The number of hydrogen-bond acceptors (Lipinski definition) is 2. The van der Waals surface area contributed by atoms with Gasteiger partial charge >= 0.3 is 0 Å². The molecule has 1 heterocycles. The lowest BCUT2D eigenvalue weighted by atomic mass is 10.1.